The molecule has 4 heteroatoms. The first kappa shape index (κ1) is 20.0. The van der Waals surface area contributed by atoms with Crippen molar-refractivity contribution in [3.63, 3.8) is 0 Å². The van der Waals surface area contributed by atoms with Crippen LogP contribution < -0.4 is 5.73 Å². The molecule has 0 saturated carbocycles. The summed E-state index contributed by atoms with van der Waals surface area (Å²) in [6, 6.07) is 0.377. The number of hydrogen-bond donors (Lipinski definition) is 1. The van der Waals surface area contributed by atoms with Crippen LogP contribution in [0.5, 0.6) is 0 Å². The van der Waals surface area contributed by atoms with Crippen LogP contribution in [0, 0.1) is 0 Å². The fourth-order valence-electron chi connectivity index (χ4n) is 2.09. The second-order valence-corrected chi connectivity index (χ2v) is 4.82. The van der Waals surface area contributed by atoms with Crippen LogP contribution >= 0.6 is 12.4 Å². The first-order valence-corrected chi connectivity index (χ1v) is 7.16. The van der Waals surface area contributed by atoms with Crippen molar-refractivity contribution in [3.8, 4) is 0 Å². The Morgan fingerprint density at radius 2 is 1.83 bits per heavy atom. The van der Waals surface area contributed by atoms with E-state index >= 15 is 0 Å². The van der Waals surface area contributed by atoms with Crippen molar-refractivity contribution >= 4 is 18.3 Å². The molecule has 0 spiro atoms. The lowest BCUT2D eigenvalue weighted by Crippen LogP contribution is -2.39. The Morgan fingerprint density at radius 3 is 2.33 bits per heavy atom. The van der Waals surface area contributed by atoms with Crippen molar-refractivity contribution in [1.82, 2.24) is 4.90 Å². The summed E-state index contributed by atoms with van der Waals surface area (Å²) in [4.78, 5) is 14.1. The van der Waals surface area contributed by atoms with Gasteiger partial charge in [-0.15, -0.1) is 12.4 Å². The Hall–Kier alpha value is -0.280. The zero-order valence-electron chi connectivity index (χ0n) is 12.3. The fraction of sp³-hybridized carbons (Fsp3) is 0.929. The maximum absolute atomic E-state index is 12.1. The van der Waals surface area contributed by atoms with E-state index in [0.29, 0.717) is 19.0 Å². The lowest BCUT2D eigenvalue weighted by Gasteiger charge is -2.29. The molecule has 0 fully saturated rings. The van der Waals surface area contributed by atoms with Gasteiger partial charge in [-0.25, -0.2) is 0 Å². The van der Waals surface area contributed by atoms with Gasteiger partial charge >= 0.3 is 0 Å². The van der Waals surface area contributed by atoms with Crippen molar-refractivity contribution in [2.75, 3.05) is 13.1 Å². The van der Waals surface area contributed by atoms with E-state index in [0.717, 1.165) is 32.2 Å². The summed E-state index contributed by atoms with van der Waals surface area (Å²) >= 11 is 0. The Bertz CT molecular complexity index is 200. The number of unbranched alkanes of at least 4 members (excludes halogenated alkanes) is 2. The van der Waals surface area contributed by atoms with E-state index < -0.39 is 0 Å². The third-order valence-electron chi connectivity index (χ3n) is 3.16. The van der Waals surface area contributed by atoms with E-state index in [-0.39, 0.29) is 18.3 Å². The normalized spacial score (nSPS) is 11.8. The average molecular weight is 279 g/mol. The lowest BCUT2D eigenvalue weighted by atomic mass is 10.1. The van der Waals surface area contributed by atoms with Gasteiger partial charge in [0.1, 0.15) is 0 Å². The molecule has 2 N–H and O–H groups in total. The largest absolute Gasteiger partial charge is 0.340 e. The third-order valence-corrected chi connectivity index (χ3v) is 3.16. The molecular formula is C14H31ClN2O. The summed E-state index contributed by atoms with van der Waals surface area (Å²) < 4.78 is 0. The molecule has 0 aliphatic carbocycles. The molecule has 1 amide bonds. The highest BCUT2D eigenvalue weighted by Gasteiger charge is 2.18. The third kappa shape index (κ3) is 8.76. The van der Waals surface area contributed by atoms with Gasteiger partial charge in [-0.3, -0.25) is 4.79 Å². The highest BCUT2D eigenvalue weighted by molar-refractivity contribution is 5.85. The van der Waals surface area contributed by atoms with Crippen LogP contribution in [-0.2, 0) is 4.79 Å². The quantitative estimate of drug-likeness (QED) is 0.623. The minimum Gasteiger partial charge on any atom is -0.340 e. The van der Waals surface area contributed by atoms with Gasteiger partial charge in [-0.05, 0) is 32.7 Å². The molecule has 18 heavy (non-hydrogen) atoms. The fourth-order valence-corrected chi connectivity index (χ4v) is 2.09. The number of rotatable bonds is 10. The molecule has 0 aromatic carbocycles. The standard InChI is InChI=1S/C14H30N2O.ClH/c1-4-6-7-12-16(13(3)9-5-2)14(17)10-8-11-15;/h13H,4-12,15H2,1-3H3;1H. The number of carbonyl (C=O) groups is 1. The summed E-state index contributed by atoms with van der Waals surface area (Å²) in [5, 5.41) is 0. The molecule has 0 bridgehead atoms. The monoisotopic (exact) mass is 278 g/mol. The highest BCUT2D eigenvalue weighted by Crippen LogP contribution is 2.11. The SMILES string of the molecule is CCCCCN(C(=O)CCCN)C(C)CCC.Cl. The number of halogens is 1. The smallest absolute Gasteiger partial charge is 0.222 e. The number of carbonyl (C=O) groups excluding carboxylic acids is 1. The molecule has 0 radical (unpaired) electrons. The van der Waals surface area contributed by atoms with Gasteiger partial charge < -0.3 is 10.6 Å². The van der Waals surface area contributed by atoms with E-state index in [4.69, 9.17) is 5.73 Å². The van der Waals surface area contributed by atoms with E-state index in [9.17, 15) is 4.79 Å². The van der Waals surface area contributed by atoms with Gasteiger partial charge in [0.25, 0.3) is 0 Å². The lowest BCUT2D eigenvalue weighted by molar-refractivity contribution is -0.133. The summed E-state index contributed by atoms with van der Waals surface area (Å²) in [5.41, 5.74) is 5.46. The Labute approximate surface area is 119 Å². The van der Waals surface area contributed by atoms with Gasteiger partial charge in [0.2, 0.25) is 5.91 Å². The van der Waals surface area contributed by atoms with Gasteiger partial charge in [-0.2, -0.15) is 0 Å². The molecular weight excluding hydrogens is 248 g/mol. The number of nitrogens with two attached hydrogens (primary N) is 1. The van der Waals surface area contributed by atoms with Crippen LogP contribution in [0.15, 0.2) is 0 Å². The van der Waals surface area contributed by atoms with Crippen LogP contribution in [0.25, 0.3) is 0 Å². The van der Waals surface area contributed by atoms with Crippen LogP contribution in [0.3, 0.4) is 0 Å². The summed E-state index contributed by atoms with van der Waals surface area (Å²) in [6.45, 7) is 8.05. The Balaban J connectivity index is 0. The molecule has 3 nitrogen and oxygen atoms in total. The van der Waals surface area contributed by atoms with Crippen molar-refractivity contribution in [2.45, 2.75) is 71.8 Å². The topological polar surface area (TPSA) is 46.3 Å². The summed E-state index contributed by atoms with van der Waals surface area (Å²) in [6.07, 6.45) is 7.18. The first-order chi connectivity index (χ1) is 8.17. The zero-order valence-corrected chi connectivity index (χ0v) is 13.1. The predicted molar refractivity (Wildman–Crippen MR) is 81.1 cm³/mol. The van der Waals surface area contributed by atoms with Crippen LogP contribution in [-0.4, -0.2) is 29.9 Å². The maximum Gasteiger partial charge on any atom is 0.222 e. The molecule has 0 aliphatic heterocycles. The van der Waals surface area contributed by atoms with Gasteiger partial charge in [0, 0.05) is 19.0 Å². The molecule has 1 atom stereocenters. The molecule has 0 heterocycles. The number of amides is 1. The second-order valence-electron chi connectivity index (χ2n) is 4.82. The molecule has 0 aliphatic rings. The van der Waals surface area contributed by atoms with Gasteiger partial charge in [0.05, 0.1) is 0 Å². The minimum atomic E-state index is 0. The van der Waals surface area contributed by atoms with Gasteiger partial charge in [-0.1, -0.05) is 33.1 Å². The Kier molecular flexibility index (Phi) is 14.7. The molecule has 0 aromatic rings. The maximum atomic E-state index is 12.1. The van der Waals surface area contributed by atoms with Crippen molar-refractivity contribution < 1.29 is 4.79 Å². The first-order valence-electron chi connectivity index (χ1n) is 7.16. The predicted octanol–water partition coefficient (Wildman–Crippen LogP) is 3.35. The highest BCUT2D eigenvalue weighted by atomic mass is 35.5. The van der Waals surface area contributed by atoms with Crippen molar-refractivity contribution in [1.29, 1.82) is 0 Å². The molecule has 110 valence electrons. The van der Waals surface area contributed by atoms with Crippen LogP contribution in [0.4, 0.5) is 0 Å². The van der Waals surface area contributed by atoms with Crippen molar-refractivity contribution in [3.05, 3.63) is 0 Å². The second kappa shape index (κ2) is 13.2. The average Bonchev–Trinajstić information content (AvgIpc) is 2.32. The number of nitrogens with zero attached hydrogens (tertiary/aromatic N) is 1. The summed E-state index contributed by atoms with van der Waals surface area (Å²) in [7, 11) is 0. The van der Waals surface area contributed by atoms with Crippen LogP contribution in [0.2, 0.25) is 0 Å². The molecule has 0 aromatic heterocycles. The van der Waals surface area contributed by atoms with E-state index in [2.05, 4.69) is 25.7 Å². The molecule has 0 rings (SSSR count). The van der Waals surface area contributed by atoms with E-state index in [1.54, 1.807) is 0 Å². The molecule has 0 saturated heterocycles. The van der Waals surface area contributed by atoms with Crippen LogP contribution in [0.1, 0.15) is 65.7 Å². The number of hydrogen-bond acceptors (Lipinski definition) is 2. The Morgan fingerprint density at radius 1 is 1.17 bits per heavy atom. The van der Waals surface area contributed by atoms with Gasteiger partial charge in [0.15, 0.2) is 0 Å². The van der Waals surface area contributed by atoms with E-state index in [1.165, 1.54) is 12.8 Å². The molecule has 1 unspecified atom stereocenters. The minimum absolute atomic E-state index is 0. The van der Waals surface area contributed by atoms with Crippen molar-refractivity contribution in [2.24, 2.45) is 5.73 Å². The summed E-state index contributed by atoms with van der Waals surface area (Å²) in [5.74, 6) is 0.285. The zero-order chi connectivity index (χ0) is 13.1. The van der Waals surface area contributed by atoms with E-state index in [1.807, 2.05) is 0 Å².